The van der Waals surface area contributed by atoms with Gasteiger partial charge in [-0.2, -0.15) is 5.10 Å². The number of benzene rings is 1. The number of aliphatic hydroxyl groups excluding tert-OH is 1. The summed E-state index contributed by atoms with van der Waals surface area (Å²) in [5.74, 6) is -4.00. The summed E-state index contributed by atoms with van der Waals surface area (Å²) in [5.41, 5.74) is -0.0959. The van der Waals surface area contributed by atoms with E-state index >= 15 is 0 Å². The Balaban J connectivity index is 2.12. The number of amides is 2. The van der Waals surface area contributed by atoms with Crippen LogP contribution in [0, 0.1) is 17.5 Å². The topological polar surface area (TPSA) is 79.2 Å². The summed E-state index contributed by atoms with van der Waals surface area (Å²) >= 11 is 0. The Morgan fingerprint density at radius 3 is 2.46 bits per heavy atom. The zero-order chi connectivity index (χ0) is 17.9. The zero-order valence-corrected chi connectivity index (χ0v) is 13.1. The lowest BCUT2D eigenvalue weighted by atomic mass is 10.1. The van der Waals surface area contributed by atoms with Gasteiger partial charge >= 0.3 is 6.03 Å². The average molecular weight is 342 g/mol. The molecule has 1 aromatic carbocycles. The van der Waals surface area contributed by atoms with Crippen molar-refractivity contribution in [2.24, 2.45) is 0 Å². The van der Waals surface area contributed by atoms with Gasteiger partial charge in [0.15, 0.2) is 17.5 Å². The molecule has 1 atom stereocenters. The van der Waals surface area contributed by atoms with Gasteiger partial charge in [0.25, 0.3) is 0 Å². The maximum atomic E-state index is 13.3. The highest BCUT2D eigenvalue weighted by atomic mass is 19.2. The fourth-order valence-corrected chi connectivity index (χ4v) is 2.15. The molecule has 0 aliphatic rings. The van der Waals surface area contributed by atoms with Crippen molar-refractivity contribution in [1.82, 2.24) is 15.1 Å². The molecular weight excluding hydrogens is 325 g/mol. The second-order valence-electron chi connectivity index (χ2n) is 5.39. The van der Waals surface area contributed by atoms with Gasteiger partial charge in [0.1, 0.15) is 5.82 Å². The fraction of sp³-hybridized carbons (Fsp3) is 0.333. The number of carbonyl (C=O) groups excluding carboxylic acids is 1. The monoisotopic (exact) mass is 342 g/mol. The molecular formula is C15H17F3N4O2. The number of nitrogens with one attached hydrogen (secondary N) is 2. The lowest BCUT2D eigenvalue weighted by Gasteiger charge is -2.18. The molecule has 1 aromatic heterocycles. The highest BCUT2D eigenvalue weighted by molar-refractivity contribution is 5.88. The summed E-state index contributed by atoms with van der Waals surface area (Å²) in [6.45, 7) is 3.12. The number of urea groups is 1. The predicted molar refractivity (Wildman–Crippen MR) is 80.9 cm³/mol. The quantitative estimate of drug-likeness (QED) is 0.731. The highest BCUT2D eigenvalue weighted by Gasteiger charge is 2.19. The number of hydrogen-bond acceptors (Lipinski definition) is 3. The number of anilines is 1. The molecule has 6 nitrogen and oxygen atoms in total. The van der Waals surface area contributed by atoms with Crippen molar-refractivity contribution in [3.63, 3.8) is 0 Å². The van der Waals surface area contributed by atoms with Crippen LogP contribution in [-0.4, -0.2) is 27.5 Å². The van der Waals surface area contributed by atoms with E-state index in [4.69, 9.17) is 0 Å². The average Bonchev–Trinajstić information content (AvgIpc) is 2.98. The Kier molecular flexibility index (Phi) is 5.45. The Morgan fingerprint density at radius 1 is 1.29 bits per heavy atom. The molecule has 3 N–H and O–H groups in total. The van der Waals surface area contributed by atoms with Crippen LogP contribution in [0.1, 0.15) is 31.5 Å². The second-order valence-corrected chi connectivity index (χ2v) is 5.39. The molecule has 0 saturated heterocycles. The van der Waals surface area contributed by atoms with Gasteiger partial charge in [0, 0.05) is 12.1 Å². The molecule has 2 amide bonds. The maximum Gasteiger partial charge on any atom is 0.320 e. The molecule has 0 saturated carbocycles. The number of hydrogen-bond donors (Lipinski definition) is 3. The van der Waals surface area contributed by atoms with E-state index in [9.17, 15) is 23.1 Å². The van der Waals surface area contributed by atoms with E-state index in [1.54, 1.807) is 10.7 Å². The SMILES string of the molecule is CC(C)n1nccc1NC(=O)N[C@@H](CO)c1cc(F)c(F)c(F)c1. The van der Waals surface area contributed by atoms with E-state index < -0.39 is 36.1 Å². The molecule has 0 unspecified atom stereocenters. The highest BCUT2D eigenvalue weighted by Crippen LogP contribution is 2.20. The molecule has 0 spiro atoms. The van der Waals surface area contributed by atoms with Crippen molar-refractivity contribution in [2.45, 2.75) is 25.9 Å². The van der Waals surface area contributed by atoms with Gasteiger partial charge in [-0.05, 0) is 31.5 Å². The first-order valence-electron chi connectivity index (χ1n) is 7.19. The Morgan fingerprint density at radius 2 is 1.92 bits per heavy atom. The standard InChI is InChI=1S/C15H17F3N4O2/c1-8(2)22-13(3-4-19-22)21-15(24)20-12(7-23)9-5-10(16)14(18)11(17)6-9/h3-6,8,12,23H,7H2,1-2H3,(H2,20,21,24)/t12-/m0/s1. The van der Waals surface area contributed by atoms with Crippen LogP contribution in [-0.2, 0) is 0 Å². The zero-order valence-electron chi connectivity index (χ0n) is 13.1. The normalized spacial score (nSPS) is 12.3. The van der Waals surface area contributed by atoms with E-state index in [-0.39, 0.29) is 11.6 Å². The number of carbonyl (C=O) groups is 1. The Labute approximate surface area is 136 Å². The number of nitrogens with zero attached hydrogens (tertiary/aromatic N) is 2. The minimum Gasteiger partial charge on any atom is -0.394 e. The van der Waals surface area contributed by atoms with Crippen molar-refractivity contribution in [2.75, 3.05) is 11.9 Å². The van der Waals surface area contributed by atoms with Crippen LogP contribution in [0.4, 0.5) is 23.8 Å². The first kappa shape index (κ1) is 17.8. The second kappa shape index (κ2) is 7.35. The number of halogens is 3. The Bertz CT molecular complexity index is 710. The van der Waals surface area contributed by atoms with Crippen molar-refractivity contribution in [3.05, 3.63) is 47.4 Å². The third kappa shape index (κ3) is 3.85. The maximum absolute atomic E-state index is 13.3. The molecule has 2 aromatic rings. The minimum atomic E-state index is -1.61. The van der Waals surface area contributed by atoms with Crippen LogP contribution >= 0.6 is 0 Å². The largest absolute Gasteiger partial charge is 0.394 e. The number of aliphatic hydroxyl groups is 1. The molecule has 1 heterocycles. The summed E-state index contributed by atoms with van der Waals surface area (Å²) in [6, 6.07) is 1.21. The third-order valence-electron chi connectivity index (χ3n) is 3.30. The lowest BCUT2D eigenvalue weighted by molar-refractivity contribution is 0.224. The van der Waals surface area contributed by atoms with Gasteiger partial charge in [-0.1, -0.05) is 0 Å². The molecule has 130 valence electrons. The number of aromatic nitrogens is 2. The van der Waals surface area contributed by atoms with Crippen molar-refractivity contribution in [1.29, 1.82) is 0 Å². The van der Waals surface area contributed by atoms with Gasteiger partial charge in [-0.3, -0.25) is 5.32 Å². The number of rotatable bonds is 5. The predicted octanol–water partition coefficient (Wildman–Crippen LogP) is 2.74. The summed E-state index contributed by atoms with van der Waals surface area (Å²) in [6.07, 6.45) is 1.50. The first-order chi connectivity index (χ1) is 11.3. The summed E-state index contributed by atoms with van der Waals surface area (Å²) in [7, 11) is 0. The molecule has 9 heteroatoms. The van der Waals surface area contributed by atoms with Crippen LogP contribution in [0.2, 0.25) is 0 Å². The third-order valence-corrected chi connectivity index (χ3v) is 3.30. The summed E-state index contributed by atoms with van der Waals surface area (Å²) < 4.78 is 41.1. The molecule has 0 radical (unpaired) electrons. The first-order valence-corrected chi connectivity index (χ1v) is 7.19. The fourth-order valence-electron chi connectivity index (χ4n) is 2.15. The Hall–Kier alpha value is -2.55. The van der Waals surface area contributed by atoms with Crippen LogP contribution in [0.15, 0.2) is 24.4 Å². The molecule has 24 heavy (non-hydrogen) atoms. The summed E-state index contributed by atoms with van der Waals surface area (Å²) in [5, 5.41) is 18.3. The van der Waals surface area contributed by atoms with E-state index in [1.807, 2.05) is 13.8 Å². The molecule has 2 rings (SSSR count). The van der Waals surface area contributed by atoms with Gasteiger partial charge in [-0.25, -0.2) is 22.6 Å². The molecule has 0 aliphatic heterocycles. The van der Waals surface area contributed by atoms with Crippen LogP contribution in [0.3, 0.4) is 0 Å². The lowest BCUT2D eigenvalue weighted by Crippen LogP contribution is -2.35. The van der Waals surface area contributed by atoms with Crippen molar-refractivity contribution >= 4 is 11.8 Å². The van der Waals surface area contributed by atoms with Crippen LogP contribution in [0.5, 0.6) is 0 Å². The van der Waals surface area contributed by atoms with Gasteiger partial charge in [-0.15, -0.1) is 0 Å². The van der Waals surface area contributed by atoms with Crippen molar-refractivity contribution in [3.8, 4) is 0 Å². The molecule has 0 fully saturated rings. The molecule has 0 aliphatic carbocycles. The minimum absolute atomic E-state index is 0.00392. The molecule has 0 bridgehead atoms. The van der Waals surface area contributed by atoms with Gasteiger partial charge in [0.05, 0.1) is 18.8 Å². The van der Waals surface area contributed by atoms with Gasteiger partial charge < -0.3 is 10.4 Å². The van der Waals surface area contributed by atoms with E-state index in [0.29, 0.717) is 5.82 Å². The smallest absolute Gasteiger partial charge is 0.320 e. The van der Waals surface area contributed by atoms with E-state index in [2.05, 4.69) is 15.7 Å². The van der Waals surface area contributed by atoms with Crippen molar-refractivity contribution < 1.29 is 23.1 Å². The summed E-state index contributed by atoms with van der Waals surface area (Å²) in [4.78, 5) is 12.0. The van der Waals surface area contributed by atoms with Crippen LogP contribution in [0.25, 0.3) is 0 Å². The van der Waals surface area contributed by atoms with E-state index in [1.165, 1.54) is 6.20 Å². The van der Waals surface area contributed by atoms with Crippen LogP contribution < -0.4 is 10.6 Å². The van der Waals surface area contributed by atoms with E-state index in [0.717, 1.165) is 12.1 Å². The van der Waals surface area contributed by atoms with Gasteiger partial charge in [0.2, 0.25) is 0 Å².